The Morgan fingerprint density at radius 2 is 1.85 bits per heavy atom. The first kappa shape index (κ1) is 9.02. The zero-order valence-electron chi connectivity index (χ0n) is 8.37. The van der Waals surface area contributed by atoms with Crippen LogP contribution in [0.3, 0.4) is 0 Å². The van der Waals surface area contributed by atoms with Gasteiger partial charge in [-0.3, -0.25) is 0 Å². The number of likely N-dealkylation sites (tertiary alicyclic amines) is 1. The number of nitriles is 1. The van der Waals surface area contributed by atoms with Gasteiger partial charge in [-0.25, -0.2) is 0 Å². The highest BCUT2D eigenvalue weighted by Gasteiger charge is 2.36. The van der Waals surface area contributed by atoms with Crippen LogP contribution in [0.15, 0.2) is 0 Å². The first-order chi connectivity index (χ1) is 6.31. The minimum atomic E-state index is 0.360. The second kappa shape index (κ2) is 3.67. The van der Waals surface area contributed by atoms with Crippen LogP contribution in [-0.2, 0) is 0 Å². The zero-order valence-corrected chi connectivity index (χ0v) is 8.37. The van der Waals surface area contributed by atoms with Crippen molar-refractivity contribution >= 4 is 0 Å². The lowest BCUT2D eigenvalue weighted by Crippen LogP contribution is -2.48. The third-order valence-corrected chi connectivity index (χ3v) is 3.66. The molecule has 2 aliphatic rings. The van der Waals surface area contributed by atoms with Crippen molar-refractivity contribution in [3.05, 3.63) is 0 Å². The lowest BCUT2D eigenvalue weighted by Gasteiger charge is -2.40. The largest absolute Gasteiger partial charge is 0.306 e. The lowest BCUT2D eigenvalue weighted by molar-refractivity contribution is 0.0803. The fourth-order valence-electron chi connectivity index (χ4n) is 2.89. The van der Waals surface area contributed by atoms with Gasteiger partial charge in [0.15, 0.2) is 0 Å². The Hall–Kier alpha value is -0.550. The van der Waals surface area contributed by atoms with Crippen LogP contribution in [0.5, 0.6) is 0 Å². The lowest BCUT2D eigenvalue weighted by atomic mass is 9.78. The van der Waals surface area contributed by atoms with Gasteiger partial charge >= 0.3 is 0 Å². The second-order valence-corrected chi connectivity index (χ2v) is 4.68. The van der Waals surface area contributed by atoms with Crippen LogP contribution in [0.4, 0.5) is 0 Å². The van der Waals surface area contributed by atoms with Gasteiger partial charge in [0.1, 0.15) is 0 Å². The fourth-order valence-corrected chi connectivity index (χ4v) is 2.89. The number of rotatable bonds is 2. The molecule has 1 unspecified atom stereocenters. The molecule has 2 rings (SSSR count). The second-order valence-electron chi connectivity index (χ2n) is 4.68. The Labute approximate surface area is 80.5 Å². The van der Waals surface area contributed by atoms with Gasteiger partial charge in [0.2, 0.25) is 0 Å². The van der Waals surface area contributed by atoms with Crippen molar-refractivity contribution < 1.29 is 0 Å². The topological polar surface area (TPSA) is 27.0 Å². The molecule has 0 aromatic rings. The average molecular weight is 178 g/mol. The van der Waals surface area contributed by atoms with Gasteiger partial charge in [-0.15, -0.1) is 0 Å². The summed E-state index contributed by atoms with van der Waals surface area (Å²) in [6.07, 6.45) is 5.31. The fraction of sp³-hybridized carbons (Fsp3) is 0.909. The molecule has 2 fully saturated rings. The van der Waals surface area contributed by atoms with Crippen molar-refractivity contribution in [2.75, 3.05) is 20.1 Å². The van der Waals surface area contributed by atoms with Crippen LogP contribution < -0.4 is 0 Å². The minimum Gasteiger partial charge on any atom is -0.306 e. The molecule has 72 valence electrons. The Balaban J connectivity index is 1.90. The van der Waals surface area contributed by atoms with Gasteiger partial charge < -0.3 is 4.90 Å². The molecule has 0 bridgehead atoms. The van der Waals surface area contributed by atoms with Crippen molar-refractivity contribution in [2.45, 2.75) is 25.7 Å². The van der Waals surface area contributed by atoms with Crippen LogP contribution >= 0.6 is 0 Å². The summed E-state index contributed by atoms with van der Waals surface area (Å²) < 4.78 is 0. The highest BCUT2D eigenvalue weighted by Crippen LogP contribution is 2.37. The van der Waals surface area contributed by atoms with E-state index in [4.69, 9.17) is 5.26 Å². The number of hydrogen-bond acceptors (Lipinski definition) is 2. The van der Waals surface area contributed by atoms with E-state index in [1.807, 2.05) is 0 Å². The smallest absolute Gasteiger partial charge is 0.0662 e. The summed E-state index contributed by atoms with van der Waals surface area (Å²) in [5.41, 5.74) is 0. The first-order valence-electron chi connectivity index (χ1n) is 5.39. The van der Waals surface area contributed by atoms with Crippen LogP contribution in [0, 0.1) is 29.1 Å². The average Bonchev–Trinajstić information content (AvgIpc) is 2.55. The van der Waals surface area contributed by atoms with E-state index in [1.165, 1.54) is 25.7 Å². The summed E-state index contributed by atoms with van der Waals surface area (Å²) in [6.45, 7) is 2.30. The summed E-state index contributed by atoms with van der Waals surface area (Å²) in [5.74, 6) is 1.76. The molecule has 0 amide bonds. The van der Waals surface area contributed by atoms with Gasteiger partial charge in [0.25, 0.3) is 0 Å². The predicted octanol–water partition coefficient (Wildman–Crippen LogP) is 1.88. The molecule has 0 aromatic carbocycles. The molecule has 0 radical (unpaired) electrons. The van der Waals surface area contributed by atoms with E-state index >= 15 is 0 Å². The molecule has 1 heterocycles. The molecule has 1 aliphatic heterocycles. The third-order valence-electron chi connectivity index (χ3n) is 3.66. The Bertz CT molecular complexity index is 207. The Morgan fingerprint density at radius 1 is 1.23 bits per heavy atom. The summed E-state index contributed by atoms with van der Waals surface area (Å²) in [6, 6.07) is 2.54. The maximum Gasteiger partial charge on any atom is 0.0662 e. The quantitative estimate of drug-likeness (QED) is 0.645. The van der Waals surface area contributed by atoms with E-state index in [9.17, 15) is 0 Å². The van der Waals surface area contributed by atoms with Crippen molar-refractivity contribution in [3.63, 3.8) is 0 Å². The number of nitrogens with zero attached hydrogens (tertiary/aromatic N) is 2. The van der Waals surface area contributed by atoms with Crippen LogP contribution in [0.1, 0.15) is 25.7 Å². The van der Waals surface area contributed by atoms with E-state index in [1.54, 1.807) is 0 Å². The monoisotopic (exact) mass is 178 g/mol. The molecular weight excluding hydrogens is 160 g/mol. The number of hydrogen-bond donors (Lipinski definition) is 0. The van der Waals surface area contributed by atoms with Crippen LogP contribution in [0.2, 0.25) is 0 Å². The minimum absolute atomic E-state index is 0.360. The highest BCUT2D eigenvalue weighted by atomic mass is 15.2. The summed E-state index contributed by atoms with van der Waals surface area (Å²) in [5, 5.41) is 9.14. The molecule has 13 heavy (non-hydrogen) atoms. The van der Waals surface area contributed by atoms with Gasteiger partial charge in [-0.2, -0.15) is 5.26 Å². The molecule has 2 heteroatoms. The SMILES string of the molecule is CN1CC(C(C#N)C2CCCC2)C1. The maximum atomic E-state index is 9.14. The van der Waals surface area contributed by atoms with Crippen molar-refractivity contribution in [1.82, 2.24) is 4.90 Å². The zero-order chi connectivity index (χ0) is 9.26. The van der Waals surface area contributed by atoms with Gasteiger partial charge in [0, 0.05) is 19.0 Å². The van der Waals surface area contributed by atoms with Crippen molar-refractivity contribution in [1.29, 1.82) is 5.26 Å². The Morgan fingerprint density at radius 3 is 2.31 bits per heavy atom. The van der Waals surface area contributed by atoms with Gasteiger partial charge in [-0.05, 0) is 25.8 Å². The molecule has 0 aromatic heterocycles. The molecular formula is C11H18N2. The normalized spacial score (nSPS) is 28.3. The first-order valence-corrected chi connectivity index (χ1v) is 5.39. The molecule has 0 spiro atoms. The van der Waals surface area contributed by atoms with E-state index < -0.39 is 0 Å². The van der Waals surface area contributed by atoms with E-state index in [0.717, 1.165) is 19.0 Å². The molecule has 1 saturated heterocycles. The van der Waals surface area contributed by atoms with E-state index in [2.05, 4.69) is 18.0 Å². The highest BCUT2D eigenvalue weighted by molar-refractivity contribution is 4.99. The van der Waals surface area contributed by atoms with Crippen molar-refractivity contribution in [2.24, 2.45) is 17.8 Å². The van der Waals surface area contributed by atoms with Gasteiger partial charge in [0.05, 0.1) is 12.0 Å². The molecule has 1 saturated carbocycles. The summed E-state index contributed by atoms with van der Waals surface area (Å²) in [4.78, 5) is 2.31. The molecule has 2 nitrogen and oxygen atoms in total. The third kappa shape index (κ3) is 1.71. The standard InChI is InChI=1S/C11H18N2/c1-13-7-10(8-13)11(6-12)9-4-2-3-5-9/h9-11H,2-5,7-8H2,1H3. The molecule has 0 N–H and O–H groups in total. The molecule has 1 aliphatic carbocycles. The van der Waals surface area contributed by atoms with Crippen LogP contribution in [-0.4, -0.2) is 25.0 Å². The molecule has 1 atom stereocenters. The van der Waals surface area contributed by atoms with E-state index in [-0.39, 0.29) is 0 Å². The van der Waals surface area contributed by atoms with E-state index in [0.29, 0.717) is 11.8 Å². The maximum absolute atomic E-state index is 9.14. The van der Waals surface area contributed by atoms with Gasteiger partial charge in [-0.1, -0.05) is 12.8 Å². The Kier molecular flexibility index (Phi) is 2.55. The predicted molar refractivity (Wildman–Crippen MR) is 52.0 cm³/mol. The summed E-state index contributed by atoms with van der Waals surface area (Å²) >= 11 is 0. The van der Waals surface area contributed by atoms with Crippen molar-refractivity contribution in [3.8, 4) is 6.07 Å². The van der Waals surface area contributed by atoms with Crippen LogP contribution in [0.25, 0.3) is 0 Å². The summed E-state index contributed by atoms with van der Waals surface area (Å²) in [7, 11) is 2.14.